The molecule has 9 heteroatoms. The molecular weight excluding hydrogens is 318 g/mol. The fourth-order valence-corrected chi connectivity index (χ4v) is 4.06. The van der Waals surface area contributed by atoms with Crippen LogP contribution in [0.4, 0.5) is 5.69 Å². The van der Waals surface area contributed by atoms with E-state index in [0.717, 1.165) is 0 Å². The molecule has 1 atom stereocenters. The highest BCUT2D eigenvalue weighted by molar-refractivity contribution is 7.89. The van der Waals surface area contributed by atoms with Gasteiger partial charge >= 0.3 is 0 Å². The summed E-state index contributed by atoms with van der Waals surface area (Å²) in [6.45, 7) is 2.93. The predicted octanol–water partition coefficient (Wildman–Crippen LogP) is 1.38. The Bertz CT molecular complexity index is 637. The van der Waals surface area contributed by atoms with Crippen LogP contribution >= 0.6 is 12.4 Å². The lowest BCUT2D eigenvalue weighted by molar-refractivity contribution is -0.387. The summed E-state index contributed by atoms with van der Waals surface area (Å²) in [6.07, 6.45) is 0.656. The molecule has 0 aliphatic carbocycles. The van der Waals surface area contributed by atoms with Crippen LogP contribution in [0.2, 0.25) is 0 Å². The highest BCUT2D eigenvalue weighted by Crippen LogP contribution is 2.34. The fourth-order valence-electron chi connectivity index (χ4n) is 2.32. The van der Waals surface area contributed by atoms with E-state index in [9.17, 15) is 18.5 Å². The van der Waals surface area contributed by atoms with Gasteiger partial charge in [-0.05, 0) is 24.4 Å². The maximum absolute atomic E-state index is 12.5. The molecule has 0 radical (unpaired) electrons. The van der Waals surface area contributed by atoms with Crippen molar-refractivity contribution < 1.29 is 13.3 Å². The average Bonchev–Trinajstić information content (AvgIpc) is 2.83. The normalized spacial score (nSPS) is 22.8. The van der Waals surface area contributed by atoms with Gasteiger partial charge in [-0.15, -0.1) is 12.4 Å². The Morgan fingerprint density at radius 1 is 1.43 bits per heavy atom. The minimum Gasteiger partial charge on any atom is -0.330 e. The lowest BCUT2D eigenvalue weighted by Gasteiger charge is -2.22. The maximum Gasteiger partial charge on any atom is 0.289 e. The van der Waals surface area contributed by atoms with Crippen molar-refractivity contribution in [3.8, 4) is 0 Å². The molecular formula is C12H18ClN3O4S. The fraction of sp³-hybridized carbons (Fsp3) is 0.500. The van der Waals surface area contributed by atoms with Crippen molar-refractivity contribution in [3.05, 3.63) is 34.4 Å². The number of rotatable bonds is 4. The van der Waals surface area contributed by atoms with E-state index in [1.165, 1.54) is 28.6 Å². The van der Waals surface area contributed by atoms with Crippen molar-refractivity contribution >= 4 is 28.1 Å². The standard InChI is InChI=1S/C12H17N3O4S.ClH/c1-12(8-13)6-7-14(9-12)20(18,19)11-5-3-2-4-10(11)15(16)17;/h2-5H,6-9,13H2,1H3;1H. The molecule has 0 bridgehead atoms. The van der Waals surface area contributed by atoms with Gasteiger partial charge in [-0.3, -0.25) is 10.1 Å². The van der Waals surface area contributed by atoms with Gasteiger partial charge in [-0.2, -0.15) is 4.31 Å². The third-order valence-corrected chi connectivity index (χ3v) is 5.59. The lowest BCUT2D eigenvalue weighted by Crippen LogP contribution is -2.34. The van der Waals surface area contributed by atoms with Gasteiger partial charge in [0.05, 0.1) is 4.92 Å². The summed E-state index contributed by atoms with van der Waals surface area (Å²) in [5, 5.41) is 11.0. The molecule has 1 aromatic rings. The van der Waals surface area contributed by atoms with Gasteiger partial charge in [0, 0.05) is 19.2 Å². The van der Waals surface area contributed by atoms with Crippen LogP contribution in [0.25, 0.3) is 0 Å². The Morgan fingerprint density at radius 2 is 2.05 bits per heavy atom. The topological polar surface area (TPSA) is 107 Å². The monoisotopic (exact) mass is 335 g/mol. The van der Waals surface area contributed by atoms with Crippen LogP contribution < -0.4 is 5.73 Å². The van der Waals surface area contributed by atoms with Crippen LogP contribution in [0.1, 0.15) is 13.3 Å². The van der Waals surface area contributed by atoms with Gasteiger partial charge in [0.2, 0.25) is 10.0 Å². The van der Waals surface area contributed by atoms with E-state index in [1.807, 2.05) is 6.92 Å². The Hall–Kier alpha value is -1.22. The highest BCUT2D eigenvalue weighted by atomic mass is 35.5. The Labute approximate surface area is 129 Å². The Balaban J connectivity index is 0.00000220. The van der Waals surface area contributed by atoms with Gasteiger partial charge in [-0.25, -0.2) is 8.42 Å². The molecule has 1 aromatic carbocycles. The van der Waals surface area contributed by atoms with E-state index in [-0.39, 0.29) is 29.3 Å². The number of sulfonamides is 1. The first kappa shape index (κ1) is 17.8. The first-order chi connectivity index (χ1) is 9.30. The summed E-state index contributed by atoms with van der Waals surface area (Å²) in [5.74, 6) is 0. The molecule has 0 saturated carbocycles. The molecule has 1 aliphatic heterocycles. The Morgan fingerprint density at radius 3 is 2.57 bits per heavy atom. The number of nitro benzene ring substituents is 1. The first-order valence-electron chi connectivity index (χ1n) is 6.24. The molecule has 0 spiro atoms. The lowest BCUT2D eigenvalue weighted by atomic mass is 9.90. The second-order valence-electron chi connectivity index (χ2n) is 5.33. The van der Waals surface area contributed by atoms with E-state index in [1.54, 1.807) is 0 Å². The van der Waals surface area contributed by atoms with Crippen LogP contribution in [0.3, 0.4) is 0 Å². The molecule has 118 valence electrons. The van der Waals surface area contributed by atoms with E-state index < -0.39 is 20.6 Å². The van der Waals surface area contributed by atoms with Crippen LogP contribution in [0, 0.1) is 15.5 Å². The largest absolute Gasteiger partial charge is 0.330 e. The number of halogens is 1. The zero-order valence-electron chi connectivity index (χ0n) is 11.6. The summed E-state index contributed by atoms with van der Waals surface area (Å²) >= 11 is 0. The maximum atomic E-state index is 12.5. The molecule has 1 saturated heterocycles. The van der Waals surface area contributed by atoms with Crippen LogP contribution in [-0.2, 0) is 10.0 Å². The van der Waals surface area contributed by atoms with Crippen molar-refractivity contribution in [1.82, 2.24) is 4.31 Å². The number of benzene rings is 1. The SMILES string of the molecule is CC1(CN)CCN(S(=O)(=O)c2ccccc2[N+](=O)[O-])C1.Cl. The highest BCUT2D eigenvalue weighted by Gasteiger charge is 2.41. The minimum atomic E-state index is -3.86. The third-order valence-electron chi connectivity index (χ3n) is 3.70. The molecule has 0 aromatic heterocycles. The van der Waals surface area contributed by atoms with Crippen LogP contribution in [0.5, 0.6) is 0 Å². The molecule has 2 rings (SSSR count). The number of hydrogen-bond acceptors (Lipinski definition) is 5. The van der Waals surface area contributed by atoms with E-state index >= 15 is 0 Å². The summed E-state index contributed by atoms with van der Waals surface area (Å²) in [7, 11) is -3.86. The summed E-state index contributed by atoms with van der Waals surface area (Å²) in [5.41, 5.74) is 5.00. The van der Waals surface area contributed by atoms with Crippen LogP contribution in [-0.4, -0.2) is 37.3 Å². The molecule has 2 N–H and O–H groups in total. The molecule has 1 aliphatic rings. The first-order valence-corrected chi connectivity index (χ1v) is 7.68. The zero-order valence-corrected chi connectivity index (χ0v) is 13.2. The quantitative estimate of drug-likeness (QED) is 0.660. The zero-order chi connectivity index (χ0) is 15.0. The third kappa shape index (κ3) is 3.34. The smallest absolute Gasteiger partial charge is 0.289 e. The van der Waals surface area contributed by atoms with Gasteiger partial charge in [0.15, 0.2) is 4.90 Å². The average molecular weight is 336 g/mol. The second kappa shape index (κ2) is 6.27. The van der Waals surface area contributed by atoms with Gasteiger partial charge in [0.25, 0.3) is 5.69 Å². The Kier molecular flexibility index (Phi) is 5.32. The number of nitro groups is 1. The summed E-state index contributed by atoms with van der Waals surface area (Å²) in [6, 6.07) is 5.40. The number of hydrogen-bond donors (Lipinski definition) is 1. The van der Waals surface area contributed by atoms with Crippen molar-refractivity contribution in [2.24, 2.45) is 11.1 Å². The van der Waals surface area contributed by atoms with E-state index in [4.69, 9.17) is 5.73 Å². The van der Waals surface area contributed by atoms with E-state index in [2.05, 4.69) is 0 Å². The molecule has 7 nitrogen and oxygen atoms in total. The number of nitrogens with zero attached hydrogens (tertiary/aromatic N) is 2. The molecule has 1 unspecified atom stereocenters. The van der Waals surface area contributed by atoms with E-state index in [0.29, 0.717) is 19.5 Å². The number of para-hydroxylation sites is 1. The molecule has 21 heavy (non-hydrogen) atoms. The molecule has 0 amide bonds. The molecule has 1 fully saturated rings. The van der Waals surface area contributed by atoms with Crippen molar-refractivity contribution in [1.29, 1.82) is 0 Å². The van der Waals surface area contributed by atoms with Gasteiger partial charge < -0.3 is 5.73 Å². The van der Waals surface area contributed by atoms with Crippen molar-refractivity contribution in [2.45, 2.75) is 18.2 Å². The van der Waals surface area contributed by atoms with Gasteiger partial charge in [0.1, 0.15) is 0 Å². The van der Waals surface area contributed by atoms with Gasteiger partial charge in [-0.1, -0.05) is 19.1 Å². The van der Waals surface area contributed by atoms with Crippen LogP contribution in [0.15, 0.2) is 29.2 Å². The predicted molar refractivity (Wildman–Crippen MR) is 80.9 cm³/mol. The number of nitrogens with two attached hydrogens (primary N) is 1. The second-order valence-corrected chi connectivity index (χ2v) is 7.23. The van der Waals surface area contributed by atoms with Crippen molar-refractivity contribution in [3.63, 3.8) is 0 Å². The summed E-state index contributed by atoms with van der Waals surface area (Å²) < 4.78 is 26.4. The van der Waals surface area contributed by atoms with Crippen molar-refractivity contribution in [2.75, 3.05) is 19.6 Å². The molecule has 1 heterocycles. The minimum absolute atomic E-state index is 0. The summed E-state index contributed by atoms with van der Waals surface area (Å²) in [4.78, 5) is 10.0.